The van der Waals surface area contributed by atoms with Crippen LogP contribution < -0.4 is 10.6 Å². The van der Waals surface area contributed by atoms with Crippen molar-refractivity contribution in [3.63, 3.8) is 0 Å². The summed E-state index contributed by atoms with van der Waals surface area (Å²) < 4.78 is 0. The Hall–Kier alpha value is -5.76. The third kappa shape index (κ3) is 6.96. The topological polar surface area (TPSA) is 108 Å². The molecule has 0 aliphatic carbocycles. The van der Waals surface area contributed by atoms with Crippen molar-refractivity contribution in [1.29, 1.82) is 0 Å². The van der Waals surface area contributed by atoms with E-state index in [1.807, 2.05) is 60.7 Å². The molecule has 0 bridgehead atoms. The van der Waals surface area contributed by atoms with Crippen molar-refractivity contribution < 1.29 is 9.59 Å². The molecule has 0 saturated carbocycles. The summed E-state index contributed by atoms with van der Waals surface area (Å²) in [5.74, 6) is -0.804. The van der Waals surface area contributed by atoms with Crippen LogP contribution >= 0.6 is 0 Å². The molecule has 0 spiro atoms. The molecule has 2 N–H and O–H groups in total. The maximum absolute atomic E-state index is 13.1. The molecule has 0 atom stereocenters. The van der Waals surface area contributed by atoms with Crippen LogP contribution in [0.15, 0.2) is 154 Å². The number of benzene rings is 5. The molecule has 0 unspecified atom stereocenters. The van der Waals surface area contributed by atoms with Gasteiger partial charge >= 0.3 is 0 Å². The second kappa shape index (κ2) is 12.7. The SMILES string of the molecule is O=C(Nc1ccc(N=Nc2ccccc2)cc1)c1ccccc1C(=O)Nc1ccc(N=Nc2ccccc2)cc1. The smallest absolute Gasteiger partial charge is 0.256 e. The van der Waals surface area contributed by atoms with E-state index in [9.17, 15) is 9.59 Å². The molecular formula is C32H24N6O2. The zero-order chi connectivity index (χ0) is 27.6. The van der Waals surface area contributed by atoms with Gasteiger partial charge in [-0.2, -0.15) is 20.5 Å². The van der Waals surface area contributed by atoms with E-state index in [1.165, 1.54) is 0 Å². The quantitative estimate of drug-likeness (QED) is 0.198. The van der Waals surface area contributed by atoms with E-state index in [1.54, 1.807) is 72.8 Å². The predicted octanol–water partition coefficient (Wildman–Crippen LogP) is 9.02. The monoisotopic (exact) mass is 524 g/mol. The highest BCUT2D eigenvalue weighted by molar-refractivity contribution is 6.15. The van der Waals surface area contributed by atoms with Crippen LogP contribution in [0.1, 0.15) is 20.7 Å². The number of azo groups is 2. The average molecular weight is 525 g/mol. The highest BCUT2D eigenvalue weighted by atomic mass is 16.2. The Balaban J connectivity index is 1.22. The van der Waals surface area contributed by atoms with Crippen LogP contribution in [0.25, 0.3) is 0 Å². The third-order valence-corrected chi connectivity index (χ3v) is 5.74. The lowest BCUT2D eigenvalue weighted by molar-refractivity contribution is 0.0990. The summed E-state index contributed by atoms with van der Waals surface area (Å²) in [6, 6.07) is 39.4. The maximum atomic E-state index is 13.1. The number of nitrogens with one attached hydrogen (secondary N) is 2. The molecule has 5 aromatic rings. The second-order valence-electron chi connectivity index (χ2n) is 8.62. The van der Waals surface area contributed by atoms with Crippen LogP contribution in [0.2, 0.25) is 0 Å². The summed E-state index contributed by atoms with van der Waals surface area (Å²) in [6.07, 6.45) is 0. The van der Waals surface area contributed by atoms with Gasteiger partial charge in [0.1, 0.15) is 0 Å². The minimum atomic E-state index is -0.402. The van der Waals surface area contributed by atoms with E-state index in [0.29, 0.717) is 22.7 Å². The van der Waals surface area contributed by atoms with E-state index < -0.39 is 11.8 Å². The summed E-state index contributed by atoms with van der Waals surface area (Å²) >= 11 is 0. The fraction of sp³-hybridized carbons (Fsp3) is 0. The van der Waals surface area contributed by atoms with Gasteiger partial charge in [0, 0.05) is 11.4 Å². The zero-order valence-corrected chi connectivity index (χ0v) is 21.3. The highest BCUT2D eigenvalue weighted by Gasteiger charge is 2.17. The third-order valence-electron chi connectivity index (χ3n) is 5.74. The fourth-order valence-electron chi connectivity index (χ4n) is 3.72. The maximum Gasteiger partial charge on any atom is 0.256 e. The molecule has 2 amide bonds. The molecule has 0 aromatic heterocycles. The summed E-state index contributed by atoms with van der Waals surface area (Å²) in [7, 11) is 0. The Bertz CT molecular complexity index is 1520. The van der Waals surface area contributed by atoms with Crippen LogP contribution in [-0.2, 0) is 0 Å². The number of rotatable bonds is 8. The summed E-state index contributed by atoms with van der Waals surface area (Å²) in [5, 5.41) is 22.5. The Kier molecular flexibility index (Phi) is 8.19. The van der Waals surface area contributed by atoms with Crippen LogP contribution in [-0.4, -0.2) is 11.8 Å². The minimum Gasteiger partial charge on any atom is -0.322 e. The van der Waals surface area contributed by atoms with Crippen molar-refractivity contribution in [3.05, 3.63) is 145 Å². The molecule has 0 fully saturated rings. The van der Waals surface area contributed by atoms with Gasteiger partial charge in [0.25, 0.3) is 11.8 Å². The highest BCUT2D eigenvalue weighted by Crippen LogP contribution is 2.23. The first-order chi connectivity index (χ1) is 19.6. The van der Waals surface area contributed by atoms with Crippen molar-refractivity contribution >= 4 is 45.9 Å². The number of carbonyl (C=O) groups is 2. The number of carbonyl (C=O) groups excluding carboxylic acids is 2. The second-order valence-corrected chi connectivity index (χ2v) is 8.62. The van der Waals surface area contributed by atoms with Crippen molar-refractivity contribution in [3.8, 4) is 0 Å². The molecule has 8 heteroatoms. The van der Waals surface area contributed by atoms with Gasteiger partial charge in [-0.05, 0) is 84.9 Å². The van der Waals surface area contributed by atoms with Crippen LogP contribution in [0, 0.1) is 0 Å². The van der Waals surface area contributed by atoms with Crippen molar-refractivity contribution in [1.82, 2.24) is 0 Å². The van der Waals surface area contributed by atoms with Crippen molar-refractivity contribution in [2.45, 2.75) is 0 Å². The van der Waals surface area contributed by atoms with Gasteiger partial charge in [0.05, 0.1) is 33.9 Å². The van der Waals surface area contributed by atoms with Gasteiger partial charge < -0.3 is 10.6 Å². The molecule has 0 aliphatic rings. The van der Waals surface area contributed by atoms with E-state index in [4.69, 9.17) is 0 Å². The van der Waals surface area contributed by atoms with Gasteiger partial charge in [-0.3, -0.25) is 9.59 Å². The first-order valence-corrected chi connectivity index (χ1v) is 12.5. The Labute approximate surface area is 231 Å². The summed E-state index contributed by atoms with van der Waals surface area (Å²) in [4.78, 5) is 26.1. The fourth-order valence-corrected chi connectivity index (χ4v) is 3.72. The van der Waals surface area contributed by atoms with E-state index in [0.717, 1.165) is 11.4 Å². The van der Waals surface area contributed by atoms with E-state index >= 15 is 0 Å². The lowest BCUT2D eigenvalue weighted by Crippen LogP contribution is -2.20. The number of nitrogens with zero attached hydrogens (tertiary/aromatic N) is 4. The standard InChI is InChI=1S/C32H24N6O2/c39-31(33-23-15-19-27(20-16-23)37-35-25-9-3-1-4-10-25)29-13-7-8-14-30(29)32(40)34-24-17-21-28(22-18-24)38-36-26-11-5-2-6-12-26/h1-22H,(H,33,39)(H,34,40). The largest absolute Gasteiger partial charge is 0.322 e. The van der Waals surface area contributed by atoms with Crippen molar-refractivity contribution in [2.24, 2.45) is 20.5 Å². The Morgan fingerprint density at radius 1 is 0.375 bits per heavy atom. The number of anilines is 2. The van der Waals surface area contributed by atoms with Crippen LogP contribution in [0.4, 0.5) is 34.1 Å². The molecule has 194 valence electrons. The van der Waals surface area contributed by atoms with Gasteiger partial charge in [0.2, 0.25) is 0 Å². The van der Waals surface area contributed by atoms with Gasteiger partial charge in [-0.1, -0.05) is 48.5 Å². The van der Waals surface area contributed by atoms with Gasteiger partial charge in [-0.25, -0.2) is 0 Å². The van der Waals surface area contributed by atoms with Crippen LogP contribution in [0.5, 0.6) is 0 Å². The first kappa shape index (κ1) is 25.9. The first-order valence-electron chi connectivity index (χ1n) is 12.5. The summed E-state index contributed by atoms with van der Waals surface area (Å²) in [5.41, 5.74) is 4.43. The molecule has 5 aromatic carbocycles. The molecule has 40 heavy (non-hydrogen) atoms. The van der Waals surface area contributed by atoms with E-state index in [2.05, 4.69) is 31.1 Å². The normalized spacial score (nSPS) is 11.0. The molecule has 5 rings (SSSR count). The molecule has 0 heterocycles. The summed E-state index contributed by atoms with van der Waals surface area (Å²) in [6.45, 7) is 0. The Morgan fingerprint density at radius 3 is 1.02 bits per heavy atom. The van der Waals surface area contributed by atoms with Gasteiger partial charge in [0.15, 0.2) is 0 Å². The Morgan fingerprint density at radius 2 is 0.675 bits per heavy atom. The van der Waals surface area contributed by atoms with E-state index in [-0.39, 0.29) is 11.1 Å². The molecule has 0 aliphatic heterocycles. The van der Waals surface area contributed by atoms with Gasteiger partial charge in [-0.15, -0.1) is 0 Å². The zero-order valence-electron chi connectivity index (χ0n) is 21.3. The van der Waals surface area contributed by atoms with Crippen LogP contribution in [0.3, 0.4) is 0 Å². The molecule has 0 radical (unpaired) electrons. The number of hydrogen-bond donors (Lipinski definition) is 2. The molecular weight excluding hydrogens is 500 g/mol. The number of amides is 2. The lowest BCUT2D eigenvalue weighted by Gasteiger charge is -2.11. The molecule has 0 saturated heterocycles. The lowest BCUT2D eigenvalue weighted by atomic mass is 10.1. The predicted molar refractivity (Wildman–Crippen MR) is 156 cm³/mol. The number of hydrogen-bond acceptors (Lipinski definition) is 6. The molecule has 8 nitrogen and oxygen atoms in total. The average Bonchev–Trinajstić information content (AvgIpc) is 3.01. The minimum absolute atomic E-state index is 0.251. The van der Waals surface area contributed by atoms with Crippen molar-refractivity contribution in [2.75, 3.05) is 10.6 Å².